The number of ketones is 1. The number of nitrogens with two attached hydrogens (primary N) is 1. The highest BCUT2D eigenvalue weighted by atomic mass is 35.5. The maximum Gasteiger partial charge on any atom is 0.154 e. The molecule has 1 aromatic rings. The molecule has 3 nitrogen and oxygen atoms in total. The summed E-state index contributed by atoms with van der Waals surface area (Å²) >= 11 is 6.02. The van der Waals surface area contributed by atoms with Crippen molar-refractivity contribution in [2.45, 2.75) is 25.3 Å². The van der Waals surface area contributed by atoms with Gasteiger partial charge in [0.15, 0.2) is 5.78 Å². The van der Waals surface area contributed by atoms with Gasteiger partial charge in [-0.1, -0.05) is 11.6 Å². The van der Waals surface area contributed by atoms with Gasteiger partial charge in [0.05, 0.1) is 12.6 Å². The van der Waals surface area contributed by atoms with Crippen LogP contribution in [0.5, 0.6) is 5.75 Å². The number of Topliss-reactive ketones (excluding diaryl/α,β-unsaturated/α-hetero) is 1. The van der Waals surface area contributed by atoms with Crippen LogP contribution in [-0.2, 0) is 17.6 Å². The zero-order valence-electron chi connectivity index (χ0n) is 9.91. The van der Waals surface area contributed by atoms with E-state index in [1.54, 1.807) is 6.07 Å². The van der Waals surface area contributed by atoms with Crippen LogP contribution in [0.15, 0.2) is 12.1 Å². The highest BCUT2D eigenvalue weighted by Gasteiger charge is 2.21. The van der Waals surface area contributed by atoms with Crippen molar-refractivity contribution in [1.29, 1.82) is 0 Å². The molecule has 1 aliphatic rings. The van der Waals surface area contributed by atoms with Crippen molar-refractivity contribution in [3.8, 4) is 18.1 Å². The number of terminal acetylenes is 1. The minimum atomic E-state index is -0.619. The maximum atomic E-state index is 11.9. The molecule has 1 atom stereocenters. The fraction of sp³-hybridized carbons (Fsp3) is 0.357. The molecule has 1 aliphatic heterocycles. The van der Waals surface area contributed by atoms with Gasteiger partial charge in [-0.25, -0.2) is 0 Å². The molecule has 0 aromatic heterocycles. The van der Waals surface area contributed by atoms with Gasteiger partial charge >= 0.3 is 0 Å². The monoisotopic (exact) mass is 263 g/mol. The van der Waals surface area contributed by atoms with Crippen molar-refractivity contribution in [2.75, 3.05) is 6.61 Å². The van der Waals surface area contributed by atoms with Crippen LogP contribution in [-0.4, -0.2) is 18.4 Å². The summed E-state index contributed by atoms with van der Waals surface area (Å²) in [5, 5.41) is 0.618. The first-order chi connectivity index (χ1) is 8.61. The number of benzene rings is 1. The average Bonchev–Trinajstić information content (AvgIpc) is 2.77. The molecule has 0 bridgehead atoms. The largest absolute Gasteiger partial charge is 0.493 e. The minimum absolute atomic E-state index is 0.0899. The van der Waals surface area contributed by atoms with Crippen LogP contribution in [0.4, 0.5) is 0 Å². The molecule has 0 saturated heterocycles. The lowest BCUT2D eigenvalue weighted by atomic mass is 9.99. The summed E-state index contributed by atoms with van der Waals surface area (Å²) in [5.41, 5.74) is 7.54. The lowest BCUT2D eigenvalue weighted by Gasteiger charge is -2.11. The second-order valence-electron chi connectivity index (χ2n) is 4.31. The first-order valence-electron chi connectivity index (χ1n) is 5.77. The van der Waals surface area contributed by atoms with E-state index < -0.39 is 6.04 Å². The zero-order valence-corrected chi connectivity index (χ0v) is 10.7. The molecule has 1 heterocycles. The standard InChI is InChI=1S/C14H14ClNO2/c1-2-3-12(16)13(17)8-10-7-11(15)6-9-4-5-18-14(9)10/h1,6-7,12H,3-5,8,16H2. The second-order valence-corrected chi connectivity index (χ2v) is 4.75. The Morgan fingerprint density at radius 2 is 2.39 bits per heavy atom. The first-order valence-corrected chi connectivity index (χ1v) is 6.15. The summed E-state index contributed by atoms with van der Waals surface area (Å²) in [6.07, 6.45) is 6.44. The normalized spacial score (nSPS) is 14.5. The number of ether oxygens (including phenoxy) is 1. The Morgan fingerprint density at radius 1 is 1.61 bits per heavy atom. The second kappa shape index (κ2) is 5.43. The van der Waals surface area contributed by atoms with E-state index in [0.29, 0.717) is 11.6 Å². The molecule has 18 heavy (non-hydrogen) atoms. The number of hydrogen-bond donors (Lipinski definition) is 1. The SMILES string of the molecule is C#CCC(N)C(=O)Cc1cc(Cl)cc2c1OCC2. The summed E-state index contributed by atoms with van der Waals surface area (Å²) in [4.78, 5) is 11.9. The topological polar surface area (TPSA) is 52.3 Å². The Hall–Kier alpha value is -1.50. The molecule has 1 aromatic carbocycles. The van der Waals surface area contributed by atoms with Gasteiger partial charge in [-0.05, 0) is 17.7 Å². The van der Waals surface area contributed by atoms with Gasteiger partial charge in [-0.2, -0.15) is 0 Å². The highest BCUT2D eigenvalue weighted by Crippen LogP contribution is 2.33. The van der Waals surface area contributed by atoms with Gasteiger partial charge in [-0.15, -0.1) is 12.3 Å². The lowest BCUT2D eigenvalue weighted by Crippen LogP contribution is -2.31. The number of rotatable bonds is 4. The summed E-state index contributed by atoms with van der Waals surface area (Å²) in [6.45, 7) is 0.632. The maximum absolute atomic E-state index is 11.9. The van der Waals surface area contributed by atoms with Crippen molar-refractivity contribution < 1.29 is 9.53 Å². The van der Waals surface area contributed by atoms with Crippen molar-refractivity contribution in [3.05, 3.63) is 28.3 Å². The highest BCUT2D eigenvalue weighted by molar-refractivity contribution is 6.30. The molecule has 0 fully saturated rings. The predicted molar refractivity (Wildman–Crippen MR) is 70.8 cm³/mol. The molecule has 2 rings (SSSR count). The number of carbonyl (C=O) groups is 1. The number of fused-ring (bicyclic) bond motifs is 1. The van der Waals surface area contributed by atoms with E-state index in [4.69, 9.17) is 28.5 Å². The Bertz CT molecular complexity index is 519. The third-order valence-electron chi connectivity index (χ3n) is 2.94. The van der Waals surface area contributed by atoms with Gasteiger partial charge in [0.25, 0.3) is 0 Å². The molecule has 94 valence electrons. The van der Waals surface area contributed by atoms with Gasteiger partial charge < -0.3 is 10.5 Å². The van der Waals surface area contributed by atoms with Crippen molar-refractivity contribution in [3.63, 3.8) is 0 Å². The van der Waals surface area contributed by atoms with Crippen molar-refractivity contribution >= 4 is 17.4 Å². The molecular formula is C14H14ClNO2. The molecule has 2 N–H and O–H groups in total. The van der Waals surface area contributed by atoms with Crippen molar-refractivity contribution in [2.24, 2.45) is 5.73 Å². The molecular weight excluding hydrogens is 250 g/mol. The summed E-state index contributed by atoms with van der Waals surface area (Å²) in [5.74, 6) is 3.08. The Kier molecular flexibility index (Phi) is 3.90. The number of carbonyl (C=O) groups excluding carboxylic acids is 1. The van der Waals surface area contributed by atoms with Gasteiger partial charge in [0.1, 0.15) is 5.75 Å². The van der Waals surface area contributed by atoms with Crippen LogP contribution in [0.1, 0.15) is 17.5 Å². The number of hydrogen-bond acceptors (Lipinski definition) is 3. The van der Waals surface area contributed by atoms with Crippen LogP contribution >= 0.6 is 11.6 Å². The average molecular weight is 264 g/mol. The van der Waals surface area contributed by atoms with Crippen molar-refractivity contribution in [1.82, 2.24) is 0 Å². The molecule has 0 spiro atoms. The Morgan fingerprint density at radius 3 is 3.11 bits per heavy atom. The van der Waals surface area contributed by atoms with Crippen LogP contribution in [0.3, 0.4) is 0 Å². The zero-order chi connectivity index (χ0) is 13.1. The summed E-state index contributed by atoms with van der Waals surface area (Å²) < 4.78 is 5.53. The summed E-state index contributed by atoms with van der Waals surface area (Å²) in [6, 6.07) is 3.01. The molecule has 1 unspecified atom stereocenters. The van der Waals surface area contributed by atoms with Crippen LogP contribution in [0.25, 0.3) is 0 Å². The molecule has 0 radical (unpaired) electrons. The summed E-state index contributed by atoms with van der Waals surface area (Å²) in [7, 11) is 0. The molecule has 0 saturated carbocycles. The Balaban J connectivity index is 2.20. The van der Waals surface area contributed by atoms with E-state index in [-0.39, 0.29) is 18.6 Å². The van der Waals surface area contributed by atoms with E-state index in [1.807, 2.05) is 6.07 Å². The van der Waals surface area contributed by atoms with E-state index in [0.717, 1.165) is 23.3 Å². The Labute approximate surface area is 111 Å². The third-order valence-corrected chi connectivity index (χ3v) is 3.16. The van der Waals surface area contributed by atoms with Crippen LogP contribution in [0.2, 0.25) is 5.02 Å². The smallest absolute Gasteiger partial charge is 0.154 e. The van der Waals surface area contributed by atoms with Gasteiger partial charge in [-0.3, -0.25) is 4.79 Å². The minimum Gasteiger partial charge on any atom is -0.493 e. The first kappa shape index (κ1) is 12.9. The third kappa shape index (κ3) is 2.66. The van der Waals surface area contributed by atoms with Gasteiger partial charge in [0, 0.05) is 29.8 Å². The van der Waals surface area contributed by atoms with E-state index in [9.17, 15) is 4.79 Å². The fourth-order valence-electron chi connectivity index (χ4n) is 2.04. The van der Waals surface area contributed by atoms with Gasteiger partial charge in [0.2, 0.25) is 0 Å². The number of halogens is 1. The van der Waals surface area contributed by atoms with E-state index in [1.165, 1.54) is 0 Å². The molecule has 0 amide bonds. The molecule has 0 aliphatic carbocycles. The lowest BCUT2D eigenvalue weighted by molar-refractivity contribution is -0.119. The predicted octanol–water partition coefficient (Wildman–Crippen LogP) is 1.74. The van der Waals surface area contributed by atoms with E-state index in [2.05, 4.69) is 5.92 Å². The van der Waals surface area contributed by atoms with E-state index >= 15 is 0 Å². The molecule has 4 heteroatoms. The van der Waals surface area contributed by atoms with Crippen LogP contribution < -0.4 is 10.5 Å². The van der Waals surface area contributed by atoms with Crippen LogP contribution in [0, 0.1) is 12.3 Å². The fourth-order valence-corrected chi connectivity index (χ4v) is 2.30. The quantitative estimate of drug-likeness (QED) is 0.842.